The van der Waals surface area contributed by atoms with Gasteiger partial charge in [-0.15, -0.1) is 0 Å². The zero-order chi connectivity index (χ0) is 25.1. The lowest BCUT2D eigenvalue weighted by atomic mass is 10.0. The van der Waals surface area contributed by atoms with Crippen LogP contribution in [-0.4, -0.2) is 51.3 Å². The van der Waals surface area contributed by atoms with Crippen LogP contribution in [0.2, 0.25) is 0 Å². The van der Waals surface area contributed by atoms with Gasteiger partial charge in [-0.25, -0.2) is 4.98 Å². The van der Waals surface area contributed by atoms with Gasteiger partial charge in [0.25, 0.3) is 0 Å². The minimum Gasteiger partial charge on any atom is -0.488 e. The quantitative estimate of drug-likeness (QED) is 0.441. The smallest absolute Gasteiger partial charge is 0.223 e. The molecule has 190 valence electrons. The molecule has 37 heavy (non-hydrogen) atoms. The minimum absolute atomic E-state index is 0.0964. The van der Waals surface area contributed by atoms with Crippen molar-refractivity contribution in [2.75, 3.05) is 24.6 Å². The van der Waals surface area contributed by atoms with Crippen molar-refractivity contribution in [1.82, 2.24) is 25.0 Å². The monoisotopic (exact) mass is 498 g/mol. The van der Waals surface area contributed by atoms with E-state index in [9.17, 15) is 4.79 Å². The number of nitrogens with one attached hydrogen (secondary N) is 1. The number of ether oxygens (including phenoxy) is 1. The van der Waals surface area contributed by atoms with Crippen LogP contribution in [0.5, 0.6) is 5.75 Å². The molecule has 1 saturated carbocycles. The Kier molecular flexibility index (Phi) is 5.19. The number of aryl methyl sites for hydroxylation is 2. The third-order valence-corrected chi connectivity index (χ3v) is 7.89. The largest absolute Gasteiger partial charge is 0.488 e. The van der Waals surface area contributed by atoms with Gasteiger partial charge in [0.15, 0.2) is 5.75 Å². The Labute approximate surface area is 214 Å². The Morgan fingerprint density at radius 3 is 2.62 bits per heavy atom. The van der Waals surface area contributed by atoms with Crippen molar-refractivity contribution in [1.29, 1.82) is 0 Å². The molecule has 7 rings (SSSR count). The second-order valence-corrected chi connectivity index (χ2v) is 10.4. The maximum Gasteiger partial charge on any atom is 0.223 e. The summed E-state index contributed by atoms with van der Waals surface area (Å²) in [6.07, 6.45) is 5.70. The van der Waals surface area contributed by atoms with Crippen molar-refractivity contribution >= 4 is 22.9 Å². The first-order valence-corrected chi connectivity index (χ1v) is 13.2. The lowest BCUT2D eigenvalue weighted by Gasteiger charge is -2.35. The molecule has 4 aromatic rings. The zero-order valence-corrected chi connectivity index (χ0v) is 21.1. The third kappa shape index (κ3) is 3.75. The molecule has 9 heteroatoms. The van der Waals surface area contributed by atoms with Crippen LogP contribution >= 0.6 is 0 Å². The van der Waals surface area contributed by atoms with Gasteiger partial charge in [0.2, 0.25) is 11.9 Å². The van der Waals surface area contributed by atoms with Gasteiger partial charge in [-0.05, 0) is 63.8 Å². The fourth-order valence-electron chi connectivity index (χ4n) is 5.79. The zero-order valence-electron chi connectivity index (χ0n) is 21.1. The molecule has 5 heterocycles. The second kappa shape index (κ2) is 8.61. The van der Waals surface area contributed by atoms with E-state index in [1.54, 1.807) is 0 Å². The number of benzene rings is 1. The Hall–Kier alpha value is -3.88. The molecule has 1 atom stereocenters. The van der Waals surface area contributed by atoms with Crippen LogP contribution < -0.4 is 15.0 Å². The molecule has 2 fully saturated rings. The van der Waals surface area contributed by atoms with Gasteiger partial charge in [0.05, 0.1) is 22.5 Å². The van der Waals surface area contributed by atoms with Crippen LogP contribution in [0.1, 0.15) is 48.9 Å². The van der Waals surface area contributed by atoms with Crippen LogP contribution in [0.15, 0.2) is 41.1 Å². The van der Waals surface area contributed by atoms with Crippen LogP contribution in [0, 0.1) is 19.8 Å². The highest BCUT2D eigenvalue weighted by Gasteiger charge is 2.36. The van der Waals surface area contributed by atoms with Crippen LogP contribution in [-0.2, 0) is 4.79 Å². The summed E-state index contributed by atoms with van der Waals surface area (Å²) in [4.78, 5) is 24.4. The molecule has 0 radical (unpaired) electrons. The van der Waals surface area contributed by atoms with Gasteiger partial charge in [-0.2, -0.15) is 0 Å². The molecule has 1 saturated heterocycles. The highest BCUT2D eigenvalue weighted by Crippen LogP contribution is 2.46. The molecule has 3 aromatic heterocycles. The van der Waals surface area contributed by atoms with Crippen molar-refractivity contribution in [3.8, 4) is 16.9 Å². The summed E-state index contributed by atoms with van der Waals surface area (Å²) in [6.45, 7) is 6.01. The lowest BCUT2D eigenvalue weighted by Crippen LogP contribution is -2.46. The standard InChI is InChI=1S/C28H30N6O3/c1-16-24(17(2)37-32-16)20-8-9-22-25-26(20)36-15-23(21-5-3-4-12-29-21)34(25)28(31-22)33-13-10-19(11-14-33)30-27(35)18-6-7-18/h3-5,8-9,12,18-19,23H,6-7,10-11,13-15H2,1-2H3,(H,30,35)/t23-/m1/s1. The third-order valence-electron chi connectivity index (χ3n) is 7.89. The molecular weight excluding hydrogens is 468 g/mol. The number of nitrogens with zero attached hydrogens (tertiary/aromatic N) is 5. The first kappa shape index (κ1) is 22.3. The molecule has 1 amide bonds. The van der Waals surface area contributed by atoms with E-state index in [0.717, 1.165) is 89.8 Å². The molecule has 1 aromatic carbocycles. The van der Waals surface area contributed by atoms with E-state index in [1.165, 1.54) is 0 Å². The van der Waals surface area contributed by atoms with Crippen molar-refractivity contribution in [3.63, 3.8) is 0 Å². The molecular formula is C28H30N6O3. The summed E-state index contributed by atoms with van der Waals surface area (Å²) >= 11 is 0. The van der Waals surface area contributed by atoms with Crippen molar-refractivity contribution < 1.29 is 14.1 Å². The Morgan fingerprint density at radius 1 is 1.08 bits per heavy atom. The molecule has 0 unspecified atom stereocenters. The van der Waals surface area contributed by atoms with Crippen molar-refractivity contribution in [3.05, 3.63) is 53.7 Å². The summed E-state index contributed by atoms with van der Waals surface area (Å²) in [5, 5.41) is 7.43. The van der Waals surface area contributed by atoms with E-state index >= 15 is 0 Å². The predicted octanol–water partition coefficient (Wildman–Crippen LogP) is 4.18. The number of amides is 1. The lowest BCUT2D eigenvalue weighted by molar-refractivity contribution is -0.123. The van der Waals surface area contributed by atoms with Crippen LogP contribution in [0.25, 0.3) is 22.2 Å². The van der Waals surface area contributed by atoms with E-state index in [0.29, 0.717) is 6.61 Å². The molecule has 0 bridgehead atoms. The molecule has 1 aliphatic carbocycles. The number of hydrogen-bond donors (Lipinski definition) is 1. The fraction of sp³-hybridized carbons (Fsp3) is 0.429. The normalized spacial score (nSPS) is 19.7. The highest BCUT2D eigenvalue weighted by molar-refractivity contribution is 5.94. The summed E-state index contributed by atoms with van der Waals surface area (Å²) in [7, 11) is 0. The van der Waals surface area contributed by atoms with Gasteiger partial charge in [0.1, 0.15) is 23.9 Å². The molecule has 0 spiro atoms. The van der Waals surface area contributed by atoms with Gasteiger partial charge < -0.3 is 19.5 Å². The topological polar surface area (TPSA) is 98.3 Å². The summed E-state index contributed by atoms with van der Waals surface area (Å²) in [5.41, 5.74) is 5.59. The summed E-state index contributed by atoms with van der Waals surface area (Å²) < 4.78 is 14.3. The van der Waals surface area contributed by atoms with E-state index < -0.39 is 0 Å². The van der Waals surface area contributed by atoms with E-state index in [2.05, 4.69) is 37.1 Å². The Morgan fingerprint density at radius 2 is 1.92 bits per heavy atom. The second-order valence-electron chi connectivity index (χ2n) is 10.4. The van der Waals surface area contributed by atoms with E-state index in [-0.39, 0.29) is 23.9 Å². The first-order valence-electron chi connectivity index (χ1n) is 13.2. The molecule has 9 nitrogen and oxygen atoms in total. The number of carbonyl (C=O) groups excluding carboxylic acids is 1. The van der Waals surface area contributed by atoms with E-state index in [1.807, 2.05) is 38.2 Å². The van der Waals surface area contributed by atoms with Gasteiger partial charge >= 0.3 is 0 Å². The number of hydrogen-bond acceptors (Lipinski definition) is 7. The number of anilines is 1. The number of carbonyl (C=O) groups is 1. The fourth-order valence-corrected chi connectivity index (χ4v) is 5.79. The Bertz CT molecular complexity index is 1460. The van der Waals surface area contributed by atoms with Crippen LogP contribution in [0.3, 0.4) is 0 Å². The van der Waals surface area contributed by atoms with Crippen molar-refractivity contribution in [2.24, 2.45) is 5.92 Å². The SMILES string of the molecule is Cc1noc(C)c1-c1ccc2nc(N3CCC(NC(=O)C4CC4)CC3)n3c2c1OC[C@@H]3c1ccccn1. The minimum atomic E-state index is -0.0964. The number of piperidine rings is 1. The van der Waals surface area contributed by atoms with Crippen molar-refractivity contribution in [2.45, 2.75) is 51.6 Å². The highest BCUT2D eigenvalue weighted by atomic mass is 16.5. The van der Waals surface area contributed by atoms with Gasteiger partial charge in [-0.3, -0.25) is 14.3 Å². The van der Waals surface area contributed by atoms with Gasteiger partial charge in [0, 0.05) is 36.8 Å². The average Bonchev–Trinajstić information content (AvgIpc) is 3.64. The number of aromatic nitrogens is 4. The van der Waals surface area contributed by atoms with Crippen LogP contribution in [0.4, 0.5) is 5.95 Å². The number of rotatable bonds is 5. The predicted molar refractivity (Wildman–Crippen MR) is 139 cm³/mol. The molecule has 3 aliphatic rings. The number of pyridine rings is 1. The average molecular weight is 499 g/mol. The summed E-state index contributed by atoms with van der Waals surface area (Å²) in [6, 6.07) is 10.3. The maximum absolute atomic E-state index is 12.3. The Balaban J connectivity index is 1.30. The van der Waals surface area contributed by atoms with Gasteiger partial charge in [-0.1, -0.05) is 11.2 Å². The maximum atomic E-state index is 12.3. The number of imidazole rings is 1. The molecule has 1 N–H and O–H groups in total. The first-order chi connectivity index (χ1) is 18.1. The molecule has 2 aliphatic heterocycles. The van der Waals surface area contributed by atoms with E-state index in [4.69, 9.17) is 14.2 Å². The summed E-state index contributed by atoms with van der Waals surface area (Å²) in [5.74, 6) is 2.97.